The fourth-order valence-electron chi connectivity index (χ4n) is 4.07. The molecule has 30 heavy (non-hydrogen) atoms. The molecular weight excluding hydrogens is 376 g/mol. The second kappa shape index (κ2) is 9.74. The van der Waals surface area contributed by atoms with E-state index in [9.17, 15) is 4.79 Å². The van der Waals surface area contributed by atoms with Gasteiger partial charge < -0.3 is 14.8 Å². The van der Waals surface area contributed by atoms with Gasteiger partial charge in [-0.1, -0.05) is 54.6 Å². The number of fused-ring (bicyclic) bond motifs is 1. The van der Waals surface area contributed by atoms with Crippen LogP contribution in [-0.2, 0) is 16.0 Å². The molecule has 0 saturated carbocycles. The molecule has 0 unspecified atom stereocenters. The smallest absolute Gasteiger partial charge is 0.224 e. The van der Waals surface area contributed by atoms with Gasteiger partial charge in [-0.2, -0.15) is 0 Å². The van der Waals surface area contributed by atoms with Crippen LogP contribution in [0.1, 0.15) is 17.2 Å². The second-order valence-electron chi connectivity index (χ2n) is 7.56. The van der Waals surface area contributed by atoms with Crippen molar-refractivity contribution in [3.05, 3.63) is 77.9 Å². The van der Waals surface area contributed by atoms with Crippen molar-refractivity contribution in [3.8, 4) is 5.75 Å². The first-order valence-corrected chi connectivity index (χ1v) is 10.4. The quantitative estimate of drug-likeness (QED) is 0.654. The molecule has 0 aromatic heterocycles. The van der Waals surface area contributed by atoms with Gasteiger partial charge in [0.25, 0.3) is 0 Å². The molecular formula is C25H28N2O3. The lowest BCUT2D eigenvalue weighted by molar-refractivity contribution is -0.120. The van der Waals surface area contributed by atoms with Gasteiger partial charge in [-0.3, -0.25) is 9.69 Å². The van der Waals surface area contributed by atoms with E-state index in [4.69, 9.17) is 9.47 Å². The number of amides is 1. The molecule has 1 heterocycles. The minimum atomic E-state index is 0.0265. The standard InChI is InChI=1S/C25H28N2O3/c1-29-21-11-9-19(10-12-21)17-25(28)26-18-24(27-13-15-30-16-14-27)23-8-4-6-20-5-2-3-7-22(20)23/h2-12,24H,13-18H2,1H3,(H,26,28)/t24-/m0/s1. The van der Waals surface area contributed by atoms with Crippen molar-refractivity contribution in [2.75, 3.05) is 40.0 Å². The minimum Gasteiger partial charge on any atom is -0.497 e. The van der Waals surface area contributed by atoms with Crippen molar-refractivity contribution in [3.63, 3.8) is 0 Å². The maximum Gasteiger partial charge on any atom is 0.224 e. The normalized spacial score (nSPS) is 15.6. The van der Waals surface area contributed by atoms with Gasteiger partial charge in [0.15, 0.2) is 0 Å². The van der Waals surface area contributed by atoms with Crippen LogP contribution in [0.3, 0.4) is 0 Å². The molecule has 1 N–H and O–H groups in total. The number of carbonyl (C=O) groups is 1. The third-order valence-electron chi connectivity index (χ3n) is 5.69. The van der Waals surface area contributed by atoms with Crippen LogP contribution in [0.25, 0.3) is 10.8 Å². The summed E-state index contributed by atoms with van der Waals surface area (Å²) < 4.78 is 10.7. The number of ether oxygens (including phenoxy) is 2. The fraction of sp³-hybridized carbons (Fsp3) is 0.320. The number of methoxy groups -OCH3 is 1. The number of nitrogens with one attached hydrogen (secondary N) is 1. The number of benzene rings is 3. The maximum absolute atomic E-state index is 12.7. The predicted molar refractivity (Wildman–Crippen MR) is 119 cm³/mol. The zero-order valence-corrected chi connectivity index (χ0v) is 17.3. The highest BCUT2D eigenvalue weighted by molar-refractivity contribution is 5.86. The van der Waals surface area contributed by atoms with Crippen LogP contribution in [0, 0.1) is 0 Å². The Balaban J connectivity index is 1.50. The number of hydrogen-bond acceptors (Lipinski definition) is 4. The summed E-state index contributed by atoms with van der Waals surface area (Å²) >= 11 is 0. The van der Waals surface area contributed by atoms with E-state index in [2.05, 4.69) is 52.7 Å². The minimum absolute atomic E-state index is 0.0265. The van der Waals surface area contributed by atoms with Crippen LogP contribution in [0.2, 0.25) is 0 Å². The van der Waals surface area contributed by atoms with Crippen LogP contribution in [0.4, 0.5) is 0 Å². The Morgan fingerprint density at radius 2 is 1.77 bits per heavy atom. The van der Waals surface area contributed by atoms with E-state index in [0.717, 1.165) is 37.6 Å². The molecule has 0 bridgehead atoms. The summed E-state index contributed by atoms with van der Waals surface area (Å²) in [6, 6.07) is 22.6. The topological polar surface area (TPSA) is 50.8 Å². The van der Waals surface area contributed by atoms with Crippen molar-refractivity contribution >= 4 is 16.7 Å². The van der Waals surface area contributed by atoms with E-state index in [1.165, 1.54) is 16.3 Å². The van der Waals surface area contributed by atoms with E-state index in [-0.39, 0.29) is 11.9 Å². The summed E-state index contributed by atoms with van der Waals surface area (Å²) in [4.78, 5) is 15.1. The van der Waals surface area contributed by atoms with Gasteiger partial charge in [0.2, 0.25) is 5.91 Å². The highest BCUT2D eigenvalue weighted by atomic mass is 16.5. The van der Waals surface area contributed by atoms with Gasteiger partial charge in [-0.05, 0) is 34.0 Å². The Kier molecular flexibility index (Phi) is 6.62. The van der Waals surface area contributed by atoms with E-state index < -0.39 is 0 Å². The third-order valence-corrected chi connectivity index (χ3v) is 5.69. The SMILES string of the molecule is COc1ccc(CC(=O)NC[C@@H](c2cccc3ccccc23)N2CCOCC2)cc1. The number of carbonyl (C=O) groups excluding carboxylic acids is 1. The van der Waals surface area contributed by atoms with Crippen molar-refractivity contribution in [1.82, 2.24) is 10.2 Å². The Morgan fingerprint density at radius 3 is 2.53 bits per heavy atom. The number of nitrogens with zero attached hydrogens (tertiary/aromatic N) is 1. The van der Waals surface area contributed by atoms with Gasteiger partial charge in [0, 0.05) is 19.6 Å². The van der Waals surface area contributed by atoms with Crippen LogP contribution >= 0.6 is 0 Å². The van der Waals surface area contributed by atoms with Gasteiger partial charge in [-0.15, -0.1) is 0 Å². The molecule has 1 aliphatic rings. The monoisotopic (exact) mass is 404 g/mol. The largest absolute Gasteiger partial charge is 0.497 e. The summed E-state index contributed by atoms with van der Waals surface area (Å²) in [7, 11) is 1.64. The molecule has 1 aliphatic heterocycles. The van der Waals surface area contributed by atoms with E-state index >= 15 is 0 Å². The van der Waals surface area contributed by atoms with Crippen molar-refractivity contribution in [2.24, 2.45) is 0 Å². The molecule has 0 aliphatic carbocycles. The van der Waals surface area contributed by atoms with Crippen molar-refractivity contribution < 1.29 is 14.3 Å². The number of rotatable bonds is 7. The molecule has 3 aromatic rings. The molecule has 1 fully saturated rings. The van der Waals surface area contributed by atoms with Crippen molar-refractivity contribution in [1.29, 1.82) is 0 Å². The average molecular weight is 405 g/mol. The number of hydrogen-bond donors (Lipinski definition) is 1. The average Bonchev–Trinajstić information content (AvgIpc) is 2.80. The first kappa shape index (κ1) is 20.4. The highest BCUT2D eigenvalue weighted by Gasteiger charge is 2.24. The molecule has 1 atom stereocenters. The van der Waals surface area contributed by atoms with Crippen molar-refractivity contribution in [2.45, 2.75) is 12.5 Å². The molecule has 156 valence electrons. The third kappa shape index (κ3) is 4.81. The van der Waals surface area contributed by atoms with Crippen LogP contribution in [0.15, 0.2) is 66.7 Å². The van der Waals surface area contributed by atoms with Crippen LogP contribution in [-0.4, -0.2) is 50.8 Å². The maximum atomic E-state index is 12.7. The molecule has 5 heteroatoms. The van der Waals surface area contributed by atoms with E-state index in [0.29, 0.717) is 13.0 Å². The lowest BCUT2D eigenvalue weighted by atomic mass is 9.97. The summed E-state index contributed by atoms with van der Waals surface area (Å²) in [5.74, 6) is 0.821. The molecule has 1 saturated heterocycles. The predicted octanol–water partition coefficient (Wildman–Crippen LogP) is 3.58. The van der Waals surface area contributed by atoms with Gasteiger partial charge in [-0.25, -0.2) is 0 Å². The van der Waals surface area contributed by atoms with Gasteiger partial charge in [0.1, 0.15) is 5.75 Å². The Labute approximate surface area is 177 Å². The summed E-state index contributed by atoms with van der Waals surface area (Å²) in [6.07, 6.45) is 0.357. The fourth-order valence-corrected chi connectivity index (χ4v) is 4.07. The molecule has 0 spiro atoms. The number of morpholine rings is 1. The zero-order valence-electron chi connectivity index (χ0n) is 17.3. The van der Waals surface area contributed by atoms with Gasteiger partial charge in [0.05, 0.1) is 32.8 Å². The summed E-state index contributed by atoms with van der Waals surface area (Å²) in [5.41, 5.74) is 2.22. The molecule has 1 amide bonds. The molecule has 4 rings (SSSR count). The van der Waals surface area contributed by atoms with Gasteiger partial charge >= 0.3 is 0 Å². The first-order valence-electron chi connectivity index (χ1n) is 10.4. The Morgan fingerprint density at radius 1 is 1.03 bits per heavy atom. The molecule has 5 nitrogen and oxygen atoms in total. The first-order chi connectivity index (χ1) is 14.7. The molecule has 0 radical (unpaired) electrons. The second-order valence-corrected chi connectivity index (χ2v) is 7.56. The highest BCUT2D eigenvalue weighted by Crippen LogP contribution is 2.28. The Bertz CT molecular complexity index is 976. The summed E-state index contributed by atoms with van der Waals surface area (Å²) in [5, 5.41) is 5.62. The van der Waals surface area contributed by atoms with Crippen LogP contribution in [0.5, 0.6) is 5.75 Å². The lowest BCUT2D eigenvalue weighted by Crippen LogP contribution is -2.44. The lowest BCUT2D eigenvalue weighted by Gasteiger charge is -2.35. The summed E-state index contributed by atoms with van der Waals surface area (Å²) in [6.45, 7) is 3.75. The zero-order chi connectivity index (χ0) is 20.8. The Hall–Kier alpha value is -2.89. The van der Waals surface area contributed by atoms with E-state index in [1.807, 2.05) is 24.3 Å². The van der Waals surface area contributed by atoms with E-state index in [1.54, 1.807) is 7.11 Å². The van der Waals surface area contributed by atoms with Crippen LogP contribution < -0.4 is 10.1 Å². The molecule has 3 aromatic carbocycles.